The van der Waals surface area contributed by atoms with E-state index in [1.807, 2.05) is 19.2 Å². The maximum absolute atomic E-state index is 5.57. The smallest absolute Gasteiger partial charge is 0.0817 e. The van der Waals surface area contributed by atoms with Crippen LogP contribution in [0.3, 0.4) is 0 Å². The summed E-state index contributed by atoms with van der Waals surface area (Å²) in [6.07, 6.45) is 2.20. The molecule has 0 amide bonds. The van der Waals surface area contributed by atoms with Crippen LogP contribution in [0.15, 0.2) is 30.5 Å². The van der Waals surface area contributed by atoms with Crippen LogP contribution in [-0.2, 0) is 4.74 Å². The highest BCUT2D eigenvalue weighted by molar-refractivity contribution is 5.83. The fourth-order valence-corrected chi connectivity index (χ4v) is 1.77. The summed E-state index contributed by atoms with van der Waals surface area (Å²) >= 11 is 0. The van der Waals surface area contributed by atoms with Crippen LogP contribution in [0.5, 0.6) is 0 Å². The molecule has 2 heteroatoms. The molecule has 0 saturated heterocycles. The van der Waals surface area contributed by atoms with E-state index in [0.29, 0.717) is 0 Å². The summed E-state index contributed by atoms with van der Waals surface area (Å²) in [5.74, 6) is 0. The van der Waals surface area contributed by atoms with Crippen LogP contribution in [0.1, 0.15) is 25.5 Å². The van der Waals surface area contributed by atoms with Gasteiger partial charge in [-0.1, -0.05) is 18.2 Å². The van der Waals surface area contributed by atoms with Crippen LogP contribution < -0.4 is 0 Å². The molecule has 0 saturated carbocycles. The van der Waals surface area contributed by atoms with Crippen LogP contribution in [0.4, 0.5) is 0 Å². The zero-order valence-corrected chi connectivity index (χ0v) is 8.58. The van der Waals surface area contributed by atoms with E-state index in [2.05, 4.69) is 30.1 Å². The molecule has 2 aromatic rings. The van der Waals surface area contributed by atoms with Gasteiger partial charge < -0.3 is 9.72 Å². The Hall–Kier alpha value is -1.28. The molecule has 1 unspecified atom stereocenters. The molecule has 14 heavy (non-hydrogen) atoms. The molecular weight excluding hydrogens is 174 g/mol. The van der Waals surface area contributed by atoms with E-state index in [1.54, 1.807) is 0 Å². The van der Waals surface area contributed by atoms with E-state index in [9.17, 15) is 0 Å². The lowest BCUT2D eigenvalue weighted by Gasteiger charge is -2.09. The number of nitrogens with one attached hydrogen (secondary N) is 1. The zero-order valence-electron chi connectivity index (χ0n) is 8.58. The van der Waals surface area contributed by atoms with Crippen molar-refractivity contribution in [1.29, 1.82) is 0 Å². The fourth-order valence-electron chi connectivity index (χ4n) is 1.77. The van der Waals surface area contributed by atoms with Crippen LogP contribution in [0, 0.1) is 0 Å². The molecule has 0 radical (unpaired) electrons. The first-order chi connectivity index (χ1) is 6.83. The first-order valence-corrected chi connectivity index (χ1v) is 5.00. The van der Waals surface area contributed by atoms with Gasteiger partial charge in [0.2, 0.25) is 0 Å². The number of hydrogen-bond donors (Lipinski definition) is 1. The molecule has 1 atom stereocenters. The Balaban J connectivity index is 2.42. The normalized spacial score (nSPS) is 13.3. The predicted molar refractivity (Wildman–Crippen MR) is 58.3 cm³/mol. The van der Waals surface area contributed by atoms with Gasteiger partial charge in [0.05, 0.1) is 6.10 Å². The number of para-hydroxylation sites is 1. The van der Waals surface area contributed by atoms with Crippen molar-refractivity contribution in [2.24, 2.45) is 0 Å². The molecule has 0 fully saturated rings. The average molecular weight is 189 g/mol. The largest absolute Gasteiger partial charge is 0.374 e. The predicted octanol–water partition coefficient (Wildman–Crippen LogP) is 3.27. The van der Waals surface area contributed by atoms with Gasteiger partial charge in [-0.3, -0.25) is 0 Å². The molecule has 1 aromatic carbocycles. The fraction of sp³-hybridized carbons (Fsp3) is 0.333. The highest BCUT2D eigenvalue weighted by atomic mass is 16.5. The van der Waals surface area contributed by atoms with Crippen molar-refractivity contribution >= 4 is 10.9 Å². The molecule has 0 aliphatic carbocycles. The summed E-state index contributed by atoms with van der Waals surface area (Å²) in [4.78, 5) is 3.25. The molecule has 2 nitrogen and oxygen atoms in total. The zero-order chi connectivity index (χ0) is 9.97. The maximum atomic E-state index is 5.57. The van der Waals surface area contributed by atoms with Gasteiger partial charge in [-0.2, -0.15) is 0 Å². The second kappa shape index (κ2) is 3.84. The average Bonchev–Trinajstić information content (AvgIpc) is 2.61. The van der Waals surface area contributed by atoms with Gasteiger partial charge in [-0.05, 0) is 19.9 Å². The van der Waals surface area contributed by atoms with Crippen molar-refractivity contribution in [1.82, 2.24) is 4.98 Å². The van der Waals surface area contributed by atoms with E-state index in [1.165, 1.54) is 16.5 Å². The molecule has 0 spiro atoms. The number of ether oxygens (including phenoxy) is 1. The molecule has 0 bridgehead atoms. The van der Waals surface area contributed by atoms with Gasteiger partial charge in [-0.15, -0.1) is 0 Å². The van der Waals surface area contributed by atoms with Crippen molar-refractivity contribution in [3.63, 3.8) is 0 Å². The highest BCUT2D eigenvalue weighted by Crippen LogP contribution is 2.25. The van der Waals surface area contributed by atoms with Gasteiger partial charge >= 0.3 is 0 Å². The van der Waals surface area contributed by atoms with Crippen molar-refractivity contribution in [3.05, 3.63) is 36.0 Å². The molecule has 2 rings (SSSR count). The van der Waals surface area contributed by atoms with E-state index >= 15 is 0 Å². The van der Waals surface area contributed by atoms with E-state index in [-0.39, 0.29) is 6.10 Å². The van der Waals surface area contributed by atoms with Gasteiger partial charge in [0.1, 0.15) is 0 Å². The number of benzene rings is 1. The summed E-state index contributed by atoms with van der Waals surface area (Å²) < 4.78 is 5.57. The lowest BCUT2D eigenvalue weighted by Crippen LogP contribution is -1.97. The lowest BCUT2D eigenvalue weighted by molar-refractivity contribution is 0.0774. The number of rotatable bonds is 3. The van der Waals surface area contributed by atoms with Gasteiger partial charge in [0.15, 0.2) is 0 Å². The Labute approximate surface area is 83.9 Å². The Kier molecular flexibility index (Phi) is 2.55. The number of aromatic nitrogens is 1. The molecular formula is C12H15NO. The third-order valence-electron chi connectivity index (χ3n) is 2.48. The molecule has 1 heterocycles. The maximum Gasteiger partial charge on any atom is 0.0817 e. The monoisotopic (exact) mass is 189 g/mol. The third-order valence-corrected chi connectivity index (χ3v) is 2.48. The van der Waals surface area contributed by atoms with E-state index in [4.69, 9.17) is 4.74 Å². The molecule has 1 N–H and O–H groups in total. The quantitative estimate of drug-likeness (QED) is 0.787. The lowest BCUT2D eigenvalue weighted by atomic mass is 10.1. The summed E-state index contributed by atoms with van der Waals surface area (Å²) in [5, 5.41) is 1.26. The molecule has 74 valence electrons. The number of aromatic amines is 1. The Morgan fingerprint density at radius 2 is 2.14 bits per heavy atom. The minimum Gasteiger partial charge on any atom is -0.374 e. The molecule has 0 aliphatic heterocycles. The van der Waals surface area contributed by atoms with Crippen LogP contribution >= 0.6 is 0 Å². The van der Waals surface area contributed by atoms with E-state index < -0.39 is 0 Å². The van der Waals surface area contributed by atoms with Crippen molar-refractivity contribution < 1.29 is 4.74 Å². The van der Waals surface area contributed by atoms with Crippen molar-refractivity contribution in [2.45, 2.75) is 20.0 Å². The third kappa shape index (κ3) is 1.53. The van der Waals surface area contributed by atoms with Crippen molar-refractivity contribution in [2.75, 3.05) is 6.61 Å². The number of fused-ring (bicyclic) bond motifs is 1. The van der Waals surface area contributed by atoms with Gasteiger partial charge in [0.25, 0.3) is 0 Å². The van der Waals surface area contributed by atoms with Crippen LogP contribution in [-0.4, -0.2) is 11.6 Å². The summed E-state index contributed by atoms with van der Waals surface area (Å²) in [6.45, 7) is 4.85. The van der Waals surface area contributed by atoms with Gasteiger partial charge in [0, 0.05) is 29.3 Å². The van der Waals surface area contributed by atoms with E-state index in [0.717, 1.165) is 6.61 Å². The second-order valence-corrected chi connectivity index (χ2v) is 3.39. The molecule has 0 aliphatic rings. The highest BCUT2D eigenvalue weighted by Gasteiger charge is 2.09. The van der Waals surface area contributed by atoms with Gasteiger partial charge in [-0.25, -0.2) is 0 Å². The topological polar surface area (TPSA) is 25.0 Å². The second-order valence-electron chi connectivity index (χ2n) is 3.39. The summed E-state index contributed by atoms with van der Waals surface area (Å²) in [7, 11) is 0. The van der Waals surface area contributed by atoms with Crippen molar-refractivity contribution in [3.8, 4) is 0 Å². The Morgan fingerprint density at radius 3 is 2.93 bits per heavy atom. The summed E-state index contributed by atoms with van der Waals surface area (Å²) in [6, 6.07) is 8.29. The standard InChI is InChI=1S/C12H15NO/c1-3-14-9(2)11-8-13-12-7-5-4-6-10(11)12/h4-9,13H,3H2,1-2H3. The minimum absolute atomic E-state index is 0.163. The number of hydrogen-bond acceptors (Lipinski definition) is 1. The number of H-pyrrole nitrogens is 1. The first kappa shape index (κ1) is 9.28. The molecule has 1 aromatic heterocycles. The van der Waals surface area contributed by atoms with Crippen LogP contribution in [0.2, 0.25) is 0 Å². The minimum atomic E-state index is 0.163. The summed E-state index contributed by atoms with van der Waals surface area (Å²) in [5.41, 5.74) is 2.41. The Bertz CT molecular complexity index is 419. The Morgan fingerprint density at radius 1 is 1.36 bits per heavy atom. The van der Waals surface area contributed by atoms with Crippen LogP contribution in [0.25, 0.3) is 10.9 Å². The SMILES string of the molecule is CCOC(C)c1c[nH]c2ccccc12. The first-order valence-electron chi connectivity index (χ1n) is 5.00.